The average molecular weight is 343 g/mol. The number of benzene rings is 1. The molecule has 126 valence electrons. The quantitative estimate of drug-likeness (QED) is 0.867. The molecule has 0 unspecified atom stereocenters. The van der Waals surface area contributed by atoms with Crippen molar-refractivity contribution in [2.75, 3.05) is 19.6 Å². The Morgan fingerprint density at radius 2 is 1.92 bits per heavy atom. The van der Waals surface area contributed by atoms with Crippen molar-refractivity contribution in [3.8, 4) is 0 Å². The zero-order chi connectivity index (χ0) is 16.6. The van der Waals surface area contributed by atoms with E-state index in [1.807, 2.05) is 29.6 Å². The zero-order valence-corrected chi connectivity index (χ0v) is 14.2. The molecule has 24 heavy (non-hydrogen) atoms. The van der Waals surface area contributed by atoms with E-state index in [2.05, 4.69) is 4.90 Å². The predicted molar refractivity (Wildman–Crippen MR) is 92.8 cm³/mol. The molecule has 4 nitrogen and oxygen atoms in total. The highest BCUT2D eigenvalue weighted by Gasteiger charge is 2.46. The molecule has 5 heteroatoms. The van der Waals surface area contributed by atoms with Gasteiger partial charge in [-0.05, 0) is 43.3 Å². The van der Waals surface area contributed by atoms with Crippen molar-refractivity contribution in [2.45, 2.75) is 24.5 Å². The molecule has 3 aliphatic rings. The van der Waals surface area contributed by atoms with E-state index in [1.165, 1.54) is 11.3 Å². The fourth-order valence-electron chi connectivity index (χ4n) is 3.79. The lowest BCUT2D eigenvalue weighted by Crippen LogP contribution is -2.53. The molecule has 1 N–H and O–H groups in total. The molecule has 0 saturated carbocycles. The zero-order valence-electron chi connectivity index (χ0n) is 13.4. The van der Waals surface area contributed by atoms with Crippen LogP contribution < -0.4 is 0 Å². The first-order chi connectivity index (χ1) is 11.7. The smallest absolute Gasteiger partial charge is 0.348 e. The largest absolute Gasteiger partial charge is 0.458 e. The molecule has 1 aromatic carbocycles. The maximum Gasteiger partial charge on any atom is 0.348 e. The second-order valence-corrected chi connectivity index (χ2v) is 7.58. The molecule has 0 aliphatic carbocycles. The van der Waals surface area contributed by atoms with Crippen molar-refractivity contribution in [1.82, 2.24) is 4.90 Å². The summed E-state index contributed by atoms with van der Waals surface area (Å²) in [6.07, 6.45) is 2.02. The van der Waals surface area contributed by atoms with E-state index in [4.69, 9.17) is 4.74 Å². The summed E-state index contributed by atoms with van der Waals surface area (Å²) in [6, 6.07) is 12.7. The van der Waals surface area contributed by atoms with Crippen molar-refractivity contribution in [3.63, 3.8) is 0 Å². The fourth-order valence-corrected chi connectivity index (χ4v) is 4.62. The molecule has 0 spiro atoms. The average Bonchev–Trinajstić information content (AvgIpc) is 3.18. The Kier molecular flexibility index (Phi) is 4.16. The topological polar surface area (TPSA) is 49.8 Å². The van der Waals surface area contributed by atoms with Gasteiger partial charge in [-0.3, -0.25) is 4.90 Å². The van der Waals surface area contributed by atoms with Crippen LogP contribution in [0.5, 0.6) is 0 Å². The van der Waals surface area contributed by atoms with Crippen molar-refractivity contribution < 1.29 is 14.6 Å². The van der Waals surface area contributed by atoms with Crippen molar-refractivity contribution in [3.05, 3.63) is 58.3 Å². The third-order valence-corrected chi connectivity index (χ3v) is 6.20. The summed E-state index contributed by atoms with van der Waals surface area (Å²) in [4.78, 5) is 16.0. The van der Waals surface area contributed by atoms with E-state index >= 15 is 0 Å². The summed E-state index contributed by atoms with van der Waals surface area (Å²) in [7, 11) is 0. The number of carbonyl (C=O) groups excluding carboxylic acids is 1. The highest BCUT2D eigenvalue weighted by Crippen LogP contribution is 2.36. The van der Waals surface area contributed by atoms with Gasteiger partial charge in [-0.15, -0.1) is 11.3 Å². The lowest BCUT2D eigenvalue weighted by molar-refractivity contribution is -0.176. The Morgan fingerprint density at radius 3 is 2.50 bits per heavy atom. The first-order valence-electron chi connectivity index (χ1n) is 8.43. The van der Waals surface area contributed by atoms with Gasteiger partial charge < -0.3 is 9.84 Å². The molecule has 3 fully saturated rings. The van der Waals surface area contributed by atoms with Gasteiger partial charge >= 0.3 is 5.97 Å². The maximum absolute atomic E-state index is 13.0. The molecule has 3 saturated heterocycles. The second kappa shape index (κ2) is 6.31. The lowest BCUT2D eigenvalue weighted by atomic mass is 9.85. The highest BCUT2D eigenvalue weighted by molar-refractivity contribution is 7.10. The van der Waals surface area contributed by atoms with Gasteiger partial charge in [0.05, 0.1) is 4.88 Å². The minimum Gasteiger partial charge on any atom is -0.458 e. The summed E-state index contributed by atoms with van der Waals surface area (Å²) in [5, 5.41) is 13.2. The first-order valence-corrected chi connectivity index (χ1v) is 9.31. The van der Waals surface area contributed by atoms with E-state index in [-0.39, 0.29) is 6.10 Å². The Balaban J connectivity index is 1.63. The minimum absolute atomic E-state index is 0.116. The van der Waals surface area contributed by atoms with E-state index in [9.17, 15) is 9.90 Å². The van der Waals surface area contributed by atoms with Crippen molar-refractivity contribution >= 4 is 17.3 Å². The van der Waals surface area contributed by atoms with Crippen LogP contribution in [0.15, 0.2) is 47.8 Å². The number of carbonyl (C=O) groups is 1. The van der Waals surface area contributed by atoms with E-state index in [0.717, 1.165) is 32.5 Å². The Bertz CT molecular complexity index is 695. The standard InChI is InChI=1S/C19H21NO3S/c21-18(23-16-13-20-10-8-14(16)9-11-20)19(22,17-7-4-12-24-17)15-5-2-1-3-6-15/h1-7,12,14,16,22H,8-11,13H2/t16-,19-/m0/s1. The monoisotopic (exact) mass is 343 g/mol. The fraction of sp³-hybridized carbons (Fsp3) is 0.421. The number of piperidine rings is 3. The number of hydrogen-bond acceptors (Lipinski definition) is 5. The predicted octanol–water partition coefficient (Wildman–Crippen LogP) is 2.62. The van der Waals surface area contributed by atoms with Gasteiger partial charge in [-0.1, -0.05) is 36.4 Å². The number of nitrogens with zero attached hydrogens (tertiary/aromatic N) is 1. The molecular weight excluding hydrogens is 322 g/mol. The van der Waals surface area contributed by atoms with Gasteiger partial charge in [0.1, 0.15) is 6.10 Å². The van der Waals surface area contributed by atoms with E-state index < -0.39 is 11.6 Å². The number of fused-ring (bicyclic) bond motifs is 3. The molecule has 2 atom stereocenters. The molecule has 0 radical (unpaired) electrons. The molecule has 1 aromatic heterocycles. The normalized spacial score (nSPS) is 28.3. The SMILES string of the molecule is O=C(O[C@H]1CN2CCC1CC2)[C@](O)(c1ccccc1)c1cccs1. The third-order valence-electron chi connectivity index (χ3n) is 5.22. The molecule has 3 aliphatic heterocycles. The van der Waals surface area contributed by atoms with Crippen molar-refractivity contribution in [1.29, 1.82) is 0 Å². The minimum atomic E-state index is -1.73. The highest BCUT2D eigenvalue weighted by atomic mass is 32.1. The van der Waals surface area contributed by atoms with Crippen LogP contribution in [0.3, 0.4) is 0 Å². The summed E-state index contributed by atoms with van der Waals surface area (Å²) in [5.41, 5.74) is -1.18. The van der Waals surface area contributed by atoms with Crippen LogP contribution in [0.4, 0.5) is 0 Å². The number of aliphatic hydroxyl groups is 1. The Hall–Kier alpha value is -1.69. The first kappa shape index (κ1) is 15.8. The number of thiophene rings is 1. The number of esters is 1. The van der Waals surface area contributed by atoms with Crippen LogP contribution in [-0.4, -0.2) is 41.7 Å². The van der Waals surface area contributed by atoms with Crippen LogP contribution in [0.1, 0.15) is 23.3 Å². The second-order valence-electron chi connectivity index (χ2n) is 6.64. The molecule has 0 amide bonds. The van der Waals surface area contributed by atoms with Gasteiger partial charge in [0.25, 0.3) is 0 Å². The molecule has 2 bridgehead atoms. The van der Waals surface area contributed by atoms with Crippen LogP contribution >= 0.6 is 11.3 Å². The summed E-state index contributed by atoms with van der Waals surface area (Å²) < 4.78 is 5.84. The lowest BCUT2D eigenvalue weighted by Gasteiger charge is -2.44. The van der Waals surface area contributed by atoms with Crippen molar-refractivity contribution in [2.24, 2.45) is 5.92 Å². The van der Waals surface area contributed by atoms with Gasteiger partial charge in [0.2, 0.25) is 5.60 Å². The Morgan fingerprint density at radius 1 is 1.17 bits per heavy atom. The van der Waals surface area contributed by atoms with Crippen LogP contribution in [0, 0.1) is 5.92 Å². The number of rotatable bonds is 4. The summed E-state index contributed by atoms with van der Waals surface area (Å²) in [6.45, 7) is 2.96. The third kappa shape index (κ3) is 2.66. The van der Waals surface area contributed by atoms with Crippen LogP contribution in [0.25, 0.3) is 0 Å². The Labute approximate surface area is 145 Å². The summed E-state index contributed by atoms with van der Waals surface area (Å²) >= 11 is 1.37. The van der Waals surface area contributed by atoms with Gasteiger partial charge in [0.15, 0.2) is 0 Å². The van der Waals surface area contributed by atoms with Crippen LogP contribution in [-0.2, 0) is 15.1 Å². The van der Waals surface area contributed by atoms with E-state index in [0.29, 0.717) is 16.4 Å². The van der Waals surface area contributed by atoms with E-state index in [1.54, 1.807) is 18.2 Å². The number of hydrogen-bond donors (Lipinski definition) is 1. The van der Waals surface area contributed by atoms with Gasteiger partial charge in [-0.25, -0.2) is 4.79 Å². The maximum atomic E-state index is 13.0. The molecule has 5 rings (SSSR count). The van der Waals surface area contributed by atoms with Crippen LogP contribution in [0.2, 0.25) is 0 Å². The molecule has 2 aromatic rings. The molecule has 4 heterocycles. The number of ether oxygens (including phenoxy) is 1. The van der Waals surface area contributed by atoms with Gasteiger partial charge in [-0.2, -0.15) is 0 Å². The molecular formula is C19H21NO3S. The van der Waals surface area contributed by atoms with Gasteiger partial charge in [0, 0.05) is 12.1 Å². The summed E-state index contributed by atoms with van der Waals surface area (Å²) in [5.74, 6) is -0.141.